The van der Waals surface area contributed by atoms with Gasteiger partial charge in [0.2, 0.25) is 5.91 Å². The molecule has 1 aromatic heterocycles. The summed E-state index contributed by atoms with van der Waals surface area (Å²) in [7, 11) is 0. The number of nitrogens with one attached hydrogen (secondary N) is 2. The first-order valence-corrected chi connectivity index (χ1v) is 7.06. The van der Waals surface area contributed by atoms with Crippen LogP contribution in [0.1, 0.15) is 12.0 Å². The second kappa shape index (κ2) is 5.86. The molecule has 2 unspecified atom stereocenters. The van der Waals surface area contributed by atoms with Crippen LogP contribution in [-0.4, -0.2) is 39.5 Å². The van der Waals surface area contributed by atoms with Crippen molar-refractivity contribution in [2.75, 3.05) is 11.9 Å². The van der Waals surface area contributed by atoms with E-state index in [1.807, 2.05) is 6.92 Å². The largest absolute Gasteiger partial charge is 0.392 e. The highest BCUT2D eigenvalue weighted by atomic mass is 19.1. The van der Waals surface area contributed by atoms with Crippen LogP contribution in [0, 0.1) is 12.7 Å². The van der Waals surface area contributed by atoms with Crippen molar-refractivity contribution in [2.24, 2.45) is 0 Å². The Morgan fingerprint density at radius 3 is 2.95 bits per heavy atom. The maximum atomic E-state index is 14.2. The van der Waals surface area contributed by atoms with Gasteiger partial charge in [0.1, 0.15) is 5.69 Å². The fraction of sp³-hybridized carbons (Fsp3) is 0.333. The van der Waals surface area contributed by atoms with Crippen LogP contribution < -0.4 is 10.6 Å². The molecule has 116 valence electrons. The molecule has 2 aromatic rings. The quantitative estimate of drug-likeness (QED) is 0.790. The second-order valence-corrected chi connectivity index (χ2v) is 5.47. The van der Waals surface area contributed by atoms with Crippen molar-refractivity contribution >= 4 is 11.6 Å². The number of carbonyl (C=O) groups is 1. The smallest absolute Gasteiger partial charge is 0.241 e. The molecule has 0 spiro atoms. The van der Waals surface area contributed by atoms with E-state index in [4.69, 9.17) is 0 Å². The van der Waals surface area contributed by atoms with Crippen molar-refractivity contribution in [3.8, 4) is 5.69 Å². The Balaban J connectivity index is 1.73. The first-order chi connectivity index (χ1) is 10.5. The minimum atomic E-state index is -0.516. The number of amides is 1. The monoisotopic (exact) mass is 304 g/mol. The zero-order valence-corrected chi connectivity index (χ0v) is 12.1. The van der Waals surface area contributed by atoms with Crippen molar-refractivity contribution < 1.29 is 14.3 Å². The lowest BCUT2D eigenvalue weighted by Gasteiger charge is -2.12. The van der Waals surface area contributed by atoms with Gasteiger partial charge in [0.25, 0.3) is 0 Å². The molecule has 1 aliphatic heterocycles. The molecule has 1 fully saturated rings. The van der Waals surface area contributed by atoms with Gasteiger partial charge < -0.3 is 15.7 Å². The number of rotatable bonds is 3. The van der Waals surface area contributed by atoms with Crippen molar-refractivity contribution in [3.63, 3.8) is 0 Å². The molecule has 0 radical (unpaired) electrons. The summed E-state index contributed by atoms with van der Waals surface area (Å²) in [5, 5.41) is 19.0. The highest BCUT2D eigenvalue weighted by Crippen LogP contribution is 2.19. The normalized spacial score (nSPS) is 21.0. The van der Waals surface area contributed by atoms with Crippen LogP contribution in [0.4, 0.5) is 10.1 Å². The maximum Gasteiger partial charge on any atom is 0.241 e. The molecule has 0 aliphatic carbocycles. The van der Waals surface area contributed by atoms with E-state index in [1.165, 1.54) is 10.7 Å². The maximum absolute atomic E-state index is 14.2. The molecule has 1 aliphatic rings. The molecule has 1 saturated heterocycles. The average Bonchev–Trinajstić information content (AvgIpc) is 3.08. The average molecular weight is 304 g/mol. The van der Waals surface area contributed by atoms with Crippen molar-refractivity contribution in [1.29, 1.82) is 0 Å². The number of aromatic nitrogens is 2. The number of aryl methyl sites for hydroxylation is 1. The van der Waals surface area contributed by atoms with Crippen molar-refractivity contribution in [1.82, 2.24) is 15.1 Å². The van der Waals surface area contributed by atoms with Crippen LogP contribution >= 0.6 is 0 Å². The van der Waals surface area contributed by atoms with E-state index < -0.39 is 18.0 Å². The molecule has 0 bridgehead atoms. The number of β-amino-alcohol motifs (C(OH)–C–C–N with tert-alkyl or cyclic N) is 1. The molecule has 1 amide bonds. The number of hydrogen-bond acceptors (Lipinski definition) is 4. The third kappa shape index (κ3) is 3.00. The van der Waals surface area contributed by atoms with Gasteiger partial charge >= 0.3 is 0 Å². The lowest BCUT2D eigenvalue weighted by atomic mass is 10.2. The van der Waals surface area contributed by atoms with E-state index in [2.05, 4.69) is 15.7 Å². The van der Waals surface area contributed by atoms with Crippen molar-refractivity contribution in [2.45, 2.75) is 25.5 Å². The Hall–Kier alpha value is -2.25. The number of aliphatic hydroxyl groups is 1. The molecule has 3 rings (SSSR count). The molecular weight excluding hydrogens is 287 g/mol. The lowest BCUT2D eigenvalue weighted by Crippen LogP contribution is -2.35. The van der Waals surface area contributed by atoms with Gasteiger partial charge in [-0.3, -0.25) is 4.79 Å². The minimum absolute atomic E-state index is 0.279. The zero-order chi connectivity index (χ0) is 15.7. The summed E-state index contributed by atoms with van der Waals surface area (Å²) in [6.07, 6.45) is 3.21. The Morgan fingerprint density at radius 1 is 1.55 bits per heavy atom. The van der Waals surface area contributed by atoms with Crippen LogP contribution in [0.25, 0.3) is 5.69 Å². The fourth-order valence-electron chi connectivity index (χ4n) is 2.46. The van der Waals surface area contributed by atoms with Gasteiger partial charge in [0, 0.05) is 18.4 Å². The van der Waals surface area contributed by atoms with Gasteiger partial charge in [0.05, 0.1) is 18.3 Å². The topological polar surface area (TPSA) is 79.2 Å². The van der Waals surface area contributed by atoms with Crippen LogP contribution in [-0.2, 0) is 4.79 Å². The van der Waals surface area contributed by atoms with E-state index in [9.17, 15) is 14.3 Å². The Labute approximate surface area is 127 Å². The first kappa shape index (κ1) is 14.7. The van der Waals surface area contributed by atoms with E-state index in [0.717, 1.165) is 5.56 Å². The Kier molecular flexibility index (Phi) is 3.91. The summed E-state index contributed by atoms with van der Waals surface area (Å²) in [5.74, 6) is -0.751. The Bertz CT molecular complexity index is 701. The van der Waals surface area contributed by atoms with Crippen LogP contribution in [0.2, 0.25) is 0 Å². The van der Waals surface area contributed by atoms with E-state index >= 15 is 0 Å². The van der Waals surface area contributed by atoms with Crippen LogP contribution in [0.3, 0.4) is 0 Å². The summed E-state index contributed by atoms with van der Waals surface area (Å²) in [6.45, 7) is 2.27. The van der Waals surface area contributed by atoms with Gasteiger partial charge in [-0.25, -0.2) is 9.07 Å². The number of halogens is 1. The Morgan fingerprint density at radius 2 is 2.36 bits per heavy atom. The molecule has 3 N–H and O–H groups in total. The number of carbonyl (C=O) groups excluding carboxylic acids is 1. The number of anilines is 1. The van der Waals surface area contributed by atoms with E-state index in [-0.39, 0.29) is 5.91 Å². The number of benzene rings is 1. The van der Waals surface area contributed by atoms with Crippen molar-refractivity contribution in [3.05, 3.63) is 42.0 Å². The number of hydrogen-bond donors (Lipinski definition) is 3. The van der Waals surface area contributed by atoms with Crippen LogP contribution in [0.15, 0.2) is 30.6 Å². The predicted octanol–water partition coefficient (Wildman–Crippen LogP) is 0.981. The fourth-order valence-corrected chi connectivity index (χ4v) is 2.46. The second-order valence-electron chi connectivity index (χ2n) is 5.47. The summed E-state index contributed by atoms with van der Waals surface area (Å²) in [4.78, 5) is 12.0. The third-order valence-electron chi connectivity index (χ3n) is 3.60. The highest BCUT2D eigenvalue weighted by Gasteiger charge is 2.28. The molecule has 1 aromatic carbocycles. The van der Waals surface area contributed by atoms with Gasteiger partial charge in [0.15, 0.2) is 5.82 Å². The standard InChI is InChI=1S/C15H17FN4O2/c1-9-6-18-20(8-9)14-3-2-10(4-12(14)16)19-15(22)13-5-11(21)7-17-13/h2-4,6,8,11,13,17,21H,5,7H2,1H3,(H,19,22). The summed E-state index contributed by atoms with van der Waals surface area (Å²) >= 11 is 0. The van der Waals surface area contributed by atoms with Gasteiger partial charge in [-0.15, -0.1) is 0 Å². The molecule has 0 saturated carbocycles. The minimum Gasteiger partial charge on any atom is -0.392 e. The first-order valence-electron chi connectivity index (χ1n) is 7.06. The predicted molar refractivity (Wildman–Crippen MR) is 79.3 cm³/mol. The van der Waals surface area contributed by atoms with Gasteiger partial charge in [-0.1, -0.05) is 0 Å². The molecule has 2 atom stereocenters. The van der Waals surface area contributed by atoms with Gasteiger partial charge in [-0.2, -0.15) is 5.10 Å². The third-order valence-corrected chi connectivity index (χ3v) is 3.60. The summed E-state index contributed by atoms with van der Waals surface area (Å²) in [5.41, 5.74) is 1.63. The highest BCUT2D eigenvalue weighted by molar-refractivity contribution is 5.95. The van der Waals surface area contributed by atoms with E-state index in [1.54, 1.807) is 24.5 Å². The molecule has 7 heteroatoms. The molecule has 6 nitrogen and oxygen atoms in total. The molecule has 22 heavy (non-hydrogen) atoms. The van der Waals surface area contributed by atoms with Crippen LogP contribution in [0.5, 0.6) is 0 Å². The lowest BCUT2D eigenvalue weighted by molar-refractivity contribution is -0.117. The number of nitrogens with zero attached hydrogens (tertiary/aromatic N) is 2. The van der Waals surface area contributed by atoms with E-state index in [0.29, 0.717) is 24.3 Å². The summed E-state index contributed by atoms with van der Waals surface area (Å²) in [6, 6.07) is 3.99. The SMILES string of the molecule is Cc1cnn(-c2ccc(NC(=O)C3CC(O)CN3)cc2F)c1. The van der Waals surface area contributed by atoms with Gasteiger partial charge in [-0.05, 0) is 37.1 Å². The molecular formula is C15H17FN4O2. The molecule has 2 heterocycles. The summed E-state index contributed by atoms with van der Waals surface area (Å²) < 4.78 is 15.6. The zero-order valence-electron chi connectivity index (χ0n) is 12.1. The number of aliphatic hydroxyl groups excluding tert-OH is 1.